The van der Waals surface area contributed by atoms with Crippen LogP contribution in [0.2, 0.25) is 0 Å². The van der Waals surface area contributed by atoms with Gasteiger partial charge in [-0.1, -0.05) is 18.7 Å². The van der Waals surface area contributed by atoms with Crippen LogP contribution in [0, 0.1) is 16.7 Å². The van der Waals surface area contributed by atoms with E-state index >= 15 is 0 Å². The third-order valence-corrected chi connectivity index (χ3v) is 5.46. The van der Waals surface area contributed by atoms with E-state index in [0.29, 0.717) is 5.41 Å². The van der Waals surface area contributed by atoms with Gasteiger partial charge in [0.05, 0.1) is 11.2 Å². The molecule has 4 nitrogen and oxygen atoms in total. The molecule has 1 aromatic carbocycles. The van der Waals surface area contributed by atoms with E-state index in [1.165, 1.54) is 12.8 Å². The fourth-order valence-electron chi connectivity index (χ4n) is 3.73. The van der Waals surface area contributed by atoms with Gasteiger partial charge in [-0.25, -0.2) is 0 Å². The van der Waals surface area contributed by atoms with Gasteiger partial charge in [0.2, 0.25) is 0 Å². The lowest BCUT2D eigenvalue weighted by molar-refractivity contribution is 0.385. The Balaban J connectivity index is 1.89. The van der Waals surface area contributed by atoms with Gasteiger partial charge >= 0.3 is 0 Å². The topological polar surface area (TPSA) is 59.9 Å². The van der Waals surface area contributed by atoms with Crippen molar-refractivity contribution in [3.05, 3.63) is 46.3 Å². The lowest BCUT2D eigenvalue weighted by atomic mass is 9.92. The average molecular weight is 305 g/mol. The molecule has 0 amide bonds. The molecular formula is C19H19N3O. The molecule has 1 saturated heterocycles. The molecule has 0 bridgehead atoms. The number of aromatic nitrogens is 1. The first-order valence-electron chi connectivity index (χ1n) is 8.13. The van der Waals surface area contributed by atoms with E-state index in [-0.39, 0.29) is 11.1 Å². The molecule has 116 valence electrons. The number of benzene rings is 1. The second-order valence-corrected chi connectivity index (χ2v) is 6.79. The summed E-state index contributed by atoms with van der Waals surface area (Å²) in [4.78, 5) is 17.4. The molecule has 2 fully saturated rings. The molecule has 2 aliphatic rings. The third kappa shape index (κ3) is 2.24. The van der Waals surface area contributed by atoms with Crippen LogP contribution >= 0.6 is 0 Å². The fourth-order valence-corrected chi connectivity index (χ4v) is 3.73. The molecule has 1 aliphatic heterocycles. The Hall–Kier alpha value is -2.54. The van der Waals surface area contributed by atoms with Gasteiger partial charge < -0.3 is 9.88 Å². The summed E-state index contributed by atoms with van der Waals surface area (Å²) >= 11 is 0. The number of aromatic amines is 1. The van der Waals surface area contributed by atoms with Crippen LogP contribution in [-0.4, -0.2) is 18.1 Å². The first-order chi connectivity index (χ1) is 11.2. The molecule has 4 heteroatoms. The van der Waals surface area contributed by atoms with Crippen molar-refractivity contribution in [2.75, 3.05) is 18.0 Å². The summed E-state index contributed by atoms with van der Waals surface area (Å²) in [5.41, 5.74) is 3.06. The van der Waals surface area contributed by atoms with E-state index in [4.69, 9.17) is 0 Å². The second kappa shape index (κ2) is 4.99. The smallest absolute Gasteiger partial charge is 0.268 e. The zero-order valence-electron chi connectivity index (χ0n) is 13.1. The number of rotatable bonds is 2. The predicted molar refractivity (Wildman–Crippen MR) is 92.5 cm³/mol. The largest absolute Gasteiger partial charge is 0.370 e. The lowest BCUT2D eigenvalue weighted by Crippen LogP contribution is -2.36. The molecule has 0 radical (unpaired) electrons. The SMILES string of the molecule is C=Cc1ccc2[nH]c(=O)c(C#N)c(N3CCC4(CC3)CC4)c2c1. The minimum absolute atomic E-state index is 0.227. The Bertz CT molecular complexity index is 889. The van der Waals surface area contributed by atoms with Gasteiger partial charge in [-0.2, -0.15) is 5.26 Å². The van der Waals surface area contributed by atoms with Crippen molar-refractivity contribution in [2.24, 2.45) is 5.41 Å². The summed E-state index contributed by atoms with van der Waals surface area (Å²) in [5, 5.41) is 10.4. The minimum atomic E-state index is -0.298. The number of anilines is 1. The molecule has 1 aliphatic carbocycles. The van der Waals surface area contributed by atoms with Crippen LogP contribution in [0.3, 0.4) is 0 Å². The maximum atomic E-state index is 12.3. The third-order valence-electron chi connectivity index (χ3n) is 5.46. The van der Waals surface area contributed by atoms with E-state index in [1.807, 2.05) is 18.2 Å². The zero-order valence-corrected chi connectivity index (χ0v) is 13.1. The molecule has 1 N–H and O–H groups in total. The molecule has 0 unspecified atom stereocenters. The Morgan fingerprint density at radius 3 is 2.61 bits per heavy atom. The highest BCUT2D eigenvalue weighted by Gasteiger charge is 2.44. The van der Waals surface area contributed by atoms with Crippen molar-refractivity contribution in [1.29, 1.82) is 5.26 Å². The molecule has 2 heterocycles. The zero-order chi connectivity index (χ0) is 16.0. The average Bonchev–Trinajstić information content (AvgIpc) is 3.33. The van der Waals surface area contributed by atoms with Crippen molar-refractivity contribution < 1.29 is 0 Å². The van der Waals surface area contributed by atoms with Gasteiger partial charge in [-0.3, -0.25) is 4.79 Å². The molecule has 1 spiro atoms. The molecule has 23 heavy (non-hydrogen) atoms. The monoisotopic (exact) mass is 305 g/mol. The number of H-pyrrole nitrogens is 1. The predicted octanol–water partition coefficient (Wildman–Crippen LogP) is 3.42. The fraction of sp³-hybridized carbons (Fsp3) is 0.368. The summed E-state index contributed by atoms with van der Waals surface area (Å²) in [5.74, 6) is 0. The lowest BCUT2D eigenvalue weighted by Gasteiger charge is -2.34. The molecule has 2 aromatic rings. The minimum Gasteiger partial charge on any atom is -0.370 e. The normalized spacial score (nSPS) is 18.8. The maximum absolute atomic E-state index is 12.3. The molecule has 1 saturated carbocycles. The summed E-state index contributed by atoms with van der Waals surface area (Å²) in [6.07, 6.45) is 6.78. The van der Waals surface area contributed by atoms with E-state index in [9.17, 15) is 10.1 Å². The van der Waals surface area contributed by atoms with Gasteiger partial charge in [0.25, 0.3) is 5.56 Å². The number of fused-ring (bicyclic) bond motifs is 1. The van der Waals surface area contributed by atoms with E-state index in [2.05, 4.69) is 22.5 Å². The van der Waals surface area contributed by atoms with Gasteiger partial charge in [-0.05, 0) is 48.8 Å². The van der Waals surface area contributed by atoms with Crippen LogP contribution in [0.4, 0.5) is 5.69 Å². The molecule has 4 rings (SSSR count). The molecule has 0 atom stereocenters. The van der Waals surface area contributed by atoms with Crippen LogP contribution in [0.15, 0.2) is 29.6 Å². The van der Waals surface area contributed by atoms with Gasteiger partial charge in [0.15, 0.2) is 0 Å². The quantitative estimate of drug-likeness (QED) is 0.924. The van der Waals surface area contributed by atoms with Crippen molar-refractivity contribution in [3.8, 4) is 6.07 Å². The van der Waals surface area contributed by atoms with Crippen molar-refractivity contribution in [2.45, 2.75) is 25.7 Å². The summed E-state index contributed by atoms with van der Waals surface area (Å²) in [6, 6.07) is 7.95. The highest BCUT2D eigenvalue weighted by atomic mass is 16.1. The Morgan fingerprint density at radius 1 is 1.26 bits per heavy atom. The molecular weight excluding hydrogens is 286 g/mol. The first kappa shape index (κ1) is 14.1. The summed E-state index contributed by atoms with van der Waals surface area (Å²) < 4.78 is 0. The van der Waals surface area contributed by atoms with Crippen LogP contribution < -0.4 is 10.5 Å². The van der Waals surface area contributed by atoms with Crippen LogP contribution in [-0.2, 0) is 0 Å². The number of piperidine rings is 1. The van der Waals surface area contributed by atoms with E-state index in [0.717, 1.165) is 48.1 Å². The molecule has 1 aromatic heterocycles. The second-order valence-electron chi connectivity index (χ2n) is 6.79. The van der Waals surface area contributed by atoms with E-state index in [1.54, 1.807) is 6.08 Å². The van der Waals surface area contributed by atoms with Crippen molar-refractivity contribution >= 4 is 22.7 Å². The van der Waals surface area contributed by atoms with Crippen LogP contribution in [0.5, 0.6) is 0 Å². The van der Waals surface area contributed by atoms with E-state index < -0.39 is 0 Å². The number of pyridine rings is 1. The van der Waals surface area contributed by atoms with Gasteiger partial charge in [0, 0.05) is 18.5 Å². The number of hydrogen-bond donors (Lipinski definition) is 1. The number of nitriles is 1. The van der Waals surface area contributed by atoms with Crippen LogP contribution in [0.1, 0.15) is 36.8 Å². The van der Waals surface area contributed by atoms with Gasteiger partial charge in [-0.15, -0.1) is 0 Å². The number of nitrogens with one attached hydrogen (secondary N) is 1. The highest BCUT2D eigenvalue weighted by Crippen LogP contribution is 2.54. The van der Waals surface area contributed by atoms with Gasteiger partial charge in [0.1, 0.15) is 11.6 Å². The first-order valence-corrected chi connectivity index (χ1v) is 8.13. The highest BCUT2D eigenvalue weighted by molar-refractivity contribution is 5.95. The van der Waals surface area contributed by atoms with Crippen LogP contribution in [0.25, 0.3) is 17.0 Å². The standard InChI is InChI=1S/C19H19N3O/c1-2-13-3-4-16-14(11-13)17(15(12-20)18(23)21-16)22-9-7-19(5-6-19)8-10-22/h2-4,11H,1,5-10H2,(H,21,23). The summed E-state index contributed by atoms with van der Waals surface area (Å²) in [6.45, 7) is 5.66. The Kier molecular flexibility index (Phi) is 3.05. The summed E-state index contributed by atoms with van der Waals surface area (Å²) in [7, 11) is 0. The Morgan fingerprint density at radius 2 is 2.00 bits per heavy atom. The number of nitrogens with zero attached hydrogens (tertiary/aromatic N) is 2. The maximum Gasteiger partial charge on any atom is 0.268 e. The number of hydrogen-bond acceptors (Lipinski definition) is 3. The van der Waals surface area contributed by atoms with Crippen molar-refractivity contribution in [1.82, 2.24) is 4.98 Å². The van der Waals surface area contributed by atoms with Crippen molar-refractivity contribution in [3.63, 3.8) is 0 Å². The Labute approximate surface area is 135 Å².